The maximum absolute atomic E-state index is 13.1. The number of rotatable bonds is 4. The third kappa shape index (κ3) is 3.39. The fraction of sp³-hybridized carbons (Fsp3) is 0.400. The minimum absolute atomic E-state index is 0.0765. The van der Waals surface area contributed by atoms with Gasteiger partial charge >= 0.3 is 0 Å². The highest BCUT2D eigenvalue weighted by molar-refractivity contribution is 5.18. The van der Waals surface area contributed by atoms with Gasteiger partial charge in [-0.25, -0.2) is 13.5 Å². The molecule has 0 amide bonds. The van der Waals surface area contributed by atoms with Gasteiger partial charge < -0.3 is 9.47 Å². The molecule has 4 nitrogen and oxygen atoms in total. The Balaban J connectivity index is 1.69. The number of aromatic nitrogens is 2. The summed E-state index contributed by atoms with van der Waals surface area (Å²) in [6, 6.07) is 5.05. The number of benzene rings is 1. The van der Waals surface area contributed by atoms with Crippen LogP contribution in [-0.4, -0.2) is 16.4 Å². The maximum Gasteiger partial charge on any atom is 0.214 e. The molecule has 0 radical (unpaired) electrons. The van der Waals surface area contributed by atoms with Crippen molar-refractivity contribution in [1.82, 2.24) is 9.78 Å². The number of halogens is 2. The topological polar surface area (TPSA) is 36.3 Å². The zero-order valence-corrected chi connectivity index (χ0v) is 11.5. The van der Waals surface area contributed by atoms with Gasteiger partial charge in [0.15, 0.2) is 6.23 Å². The molecule has 0 aliphatic carbocycles. The van der Waals surface area contributed by atoms with Gasteiger partial charge in [-0.15, -0.1) is 0 Å². The van der Waals surface area contributed by atoms with Crippen LogP contribution in [0.4, 0.5) is 8.78 Å². The van der Waals surface area contributed by atoms with Crippen LogP contribution < -0.4 is 4.74 Å². The highest BCUT2D eigenvalue weighted by Crippen LogP contribution is 2.26. The first kappa shape index (κ1) is 14.0. The molecule has 2 heterocycles. The fourth-order valence-electron chi connectivity index (χ4n) is 2.40. The van der Waals surface area contributed by atoms with Crippen LogP contribution in [0.5, 0.6) is 5.88 Å². The molecule has 1 aliphatic heterocycles. The van der Waals surface area contributed by atoms with E-state index in [2.05, 4.69) is 5.10 Å². The second-order valence-corrected chi connectivity index (χ2v) is 5.00. The molecule has 1 unspecified atom stereocenters. The van der Waals surface area contributed by atoms with Crippen LogP contribution in [0.2, 0.25) is 0 Å². The molecular formula is C15H16F2N2O2. The second kappa shape index (κ2) is 6.22. The summed E-state index contributed by atoms with van der Waals surface area (Å²) < 4.78 is 39.2. The van der Waals surface area contributed by atoms with E-state index in [9.17, 15) is 8.78 Å². The molecule has 2 aromatic rings. The summed E-state index contributed by atoms with van der Waals surface area (Å²) in [5.41, 5.74) is 0.435. The van der Waals surface area contributed by atoms with Gasteiger partial charge in [0.1, 0.15) is 18.2 Å². The third-order valence-corrected chi connectivity index (χ3v) is 3.37. The van der Waals surface area contributed by atoms with Crippen LogP contribution in [0, 0.1) is 11.6 Å². The molecule has 21 heavy (non-hydrogen) atoms. The first-order valence-electron chi connectivity index (χ1n) is 6.95. The van der Waals surface area contributed by atoms with Crippen LogP contribution >= 0.6 is 0 Å². The van der Waals surface area contributed by atoms with Crippen molar-refractivity contribution < 1.29 is 18.3 Å². The fourth-order valence-corrected chi connectivity index (χ4v) is 2.40. The highest BCUT2D eigenvalue weighted by Gasteiger charge is 2.19. The highest BCUT2D eigenvalue weighted by atomic mass is 19.1. The molecule has 0 saturated carbocycles. The lowest BCUT2D eigenvalue weighted by Gasteiger charge is -2.24. The Labute approximate surface area is 121 Å². The van der Waals surface area contributed by atoms with Crippen molar-refractivity contribution >= 4 is 0 Å². The van der Waals surface area contributed by atoms with E-state index in [0.717, 1.165) is 25.3 Å². The van der Waals surface area contributed by atoms with E-state index < -0.39 is 11.6 Å². The van der Waals surface area contributed by atoms with E-state index in [1.165, 1.54) is 12.1 Å². The number of nitrogens with zero attached hydrogens (tertiary/aromatic N) is 2. The molecule has 1 atom stereocenters. The van der Waals surface area contributed by atoms with Gasteiger partial charge in [0, 0.05) is 18.7 Å². The lowest BCUT2D eigenvalue weighted by molar-refractivity contribution is -0.0442. The molecule has 6 heteroatoms. The third-order valence-electron chi connectivity index (χ3n) is 3.37. The van der Waals surface area contributed by atoms with Gasteiger partial charge in [0.25, 0.3) is 0 Å². The standard InChI is InChI=1S/C15H16F2N2O2/c16-12-7-11(8-13(17)9-12)10-21-15-4-5-18-19(15)14-3-1-2-6-20-14/h4-5,7-9,14H,1-3,6,10H2. The Bertz CT molecular complexity index is 589. The van der Waals surface area contributed by atoms with Crippen molar-refractivity contribution in [2.75, 3.05) is 6.61 Å². The van der Waals surface area contributed by atoms with E-state index in [-0.39, 0.29) is 12.8 Å². The Kier molecular flexibility index (Phi) is 4.15. The van der Waals surface area contributed by atoms with E-state index in [1.807, 2.05) is 0 Å². The molecule has 1 aromatic heterocycles. The Morgan fingerprint density at radius 3 is 2.76 bits per heavy atom. The normalized spacial score (nSPS) is 18.7. The lowest BCUT2D eigenvalue weighted by Crippen LogP contribution is -2.20. The Hall–Kier alpha value is -1.95. The van der Waals surface area contributed by atoms with Crippen molar-refractivity contribution in [1.29, 1.82) is 0 Å². The summed E-state index contributed by atoms with van der Waals surface area (Å²) in [5.74, 6) is -0.693. The minimum atomic E-state index is -0.613. The Morgan fingerprint density at radius 1 is 1.24 bits per heavy atom. The first-order valence-corrected chi connectivity index (χ1v) is 6.95. The molecular weight excluding hydrogens is 278 g/mol. The average molecular weight is 294 g/mol. The average Bonchev–Trinajstić information content (AvgIpc) is 2.93. The molecule has 1 aliphatic rings. The molecule has 0 bridgehead atoms. The molecule has 1 saturated heterocycles. The minimum Gasteiger partial charge on any atom is -0.473 e. The van der Waals surface area contributed by atoms with E-state index in [1.54, 1.807) is 16.9 Å². The van der Waals surface area contributed by atoms with Crippen LogP contribution in [0.1, 0.15) is 31.1 Å². The largest absolute Gasteiger partial charge is 0.473 e. The van der Waals surface area contributed by atoms with Crippen LogP contribution in [-0.2, 0) is 11.3 Å². The van der Waals surface area contributed by atoms with Crippen molar-refractivity contribution in [2.24, 2.45) is 0 Å². The molecule has 0 spiro atoms. The van der Waals surface area contributed by atoms with E-state index in [0.29, 0.717) is 18.1 Å². The zero-order chi connectivity index (χ0) is 14.7. The van der Waals surface area contributed by atoms with Gasteiger partial charge in [0.05, 0.1) is 6.20 Å². The Morgan fingerprint density at radius 2 is 2.05 bits per heavy atom. The predicted octanol–water partition coefficient (Wildman–Crippen LogP) is 3.44. The van der Waals surface area contributed by atoms with Gasteiger partial charge in [-0.1, -0.05) is 0 Å². The lowest BCUT2D eigenvalue weighted by atomic mass is 10.2. The maximum atomic E-state index is 13.1. The summed E-state index contributed by atoms with van der Waals surface area (Å²) in [5, 5.41) is 4.21. The monoisotopic (exact) mass is 294 g/mol. The van der Waals surface area contributed by atoms with Crippen LogP contribution in [0.3, 0.4) is 0 Å². The van der Waals surface area contributed by atoms with Gasteiger partial charge in [0.2, 0.25) is 5.88 Å². The van der Waals surface area contributed by atoms with Gasteiger partial charge in [-0.3, -0.25) is 0 Å². The molecule has 3 rings (SSSR count). The number of ether oxygens (including phenoxy) is 2. The first-order chi connectivity index (χ1) is 10.2. The van der Waals surface area contributed by atoms with Gasteiger partial charge in [-0.05, 0) is 37.0 Å². The van der Waals surface area contributed by atoms with Crippen molar-refractivity contribution in [3.05, 3.63) is 47.7 Å². The SMILES string of the molecule is Fc1cc(F)cc(COc2ccnn2C2CCCCO2)c1. The summed E-state index contributed by atoms with van der Waals surface area (Å²) in [7, 11) is 0. The number of hydrogen-bond donors (Lipinski definition) is 0. The van der Waals surface area contributed by atoms with Gasteiger partial charge in [-0.2, -0.15) is 5.10 Å². The molecule has 1 aromatic carbocycles. The van der Waals surface area contributed by atoms with Crippen LogP contribution in [0.15, 0.2) is 30.5 Å². The van der Waals surface area contributed by atoms with E-state index in [4.69, 9.17) is 9.47 Å². The van der Waals surface area contributed by atoms with Crippen LogP contribution in [0.25, 0.3) is 0 Å². The smallest absolute Gasteiger partial charge is 0.214 e. The molecule has 0 N–H and O–H groups in total. The summed E-state index contributed by atoms with van der Waals surface area (Å²) in [4.78, 5) is 0. The quantitative estimate of drug-likeness (QED) is 0.866. The zero-order valence-electron chi connectivity index (χ0n) is 11.5. The molecule has 112 valence electrons. The second-order valence-electron chi connectivity index (χ2n) is 5.00. The molecule has 1 fully saturated rings. The van der Waals surface area contributed by atoms with E-state index >= 15 is 0 Å². The predicted molar refractivity (Wildman–Crippen MR) is 71.8 cm³/mol. The summed E-state index contributed by atoms with van der Waals surface area (Å²) in [6.45, 7) is 0.784. The van der Waals surface area contributed by atoms with Crippen molar-refractivity contribution in [3.8, 4) is 5.88 Å². The van der Waals surface area contributed by atoms with Crippen molar-refractivity contribution in [2.45, 2.75) is 32.1 Å². The van der Waals surface area contributed by atoms with Crippen molar-refractivity contribution in [3.63, 3.8) is 0 Å². The summed E-state index contributed by atoms with van der Waals surface area (Å²) >= 11 is 0. The summed E-state index contributed by atoms with van der Waals surface area (Å²) in [6.07, 6.45) is 4.51. The number of hydrogen-bond acceptors (Lipinski definition) is 3.